The van der Waals surface area contributed by atoms with Crippen molar-refractivity contribution >= 4 is 12.1 Å². The van der Waals surface area contributed by atoms with Gasteiger partial charge in [0.1, 0.15) is 11.6 Å². The number of fused-ring (bicyclic) bond motifs is 1. The first-order valence-corrected chi connectivity index (χ1v) is 8.02. The number of nitrogens with zero attached hydrogens (tertiary/aromatic N) is 1. The van der Waals surface area contributed by atoms with Gasteiger partial charge in [0.05, 0.1) is 7.11 Å². The second-order valence-electron chi connectivity index (χ2n) is 7.96. The van der Waals surface area contributed by atoms with Crippen LogP contribution < -0.4 is 5.73 Å². The van der Waals surface area contributed by atoms with Gasteiger partial charge in [0.25, 0.3) is 0 Å². The summed E-state index contributed by atoms with van der Waals surface area (Å²) >= 11 is 0. The minimum absolute atomic E-state index is 0.165. The third-order valence-corrected chi connectivity index (χ3v) is 5.49. The summed E-state index contributed by atoms with van der Waals surface area (Å²) in [7, 11) is 1.38. The van der Waals surface area contributed by atoms with E-state index in [-0.39, 0.29) is 23.5 Å². The Morgan fingerprint density at radius 1 is 1.32 bits per heavy atom. The number of esters is 1. The molecule has 1 amide bonds. The third-order valence-electron chi connectivity index (χ3n) is 5.49. The van der Waals surface area contributed by atoms with Crippen LogP contribution in [0.15, 0.2) is 0 Å². The normalized spacial score (nSPS) is 33.0. The second kappa shape index (κ2) is 4.85. The maximum atomic E-state index is 12.3. The molecule has 2 heterocycles. The first-order chi connectivity index (χ1) is 10.2. The van der Waals surface area contributed by atoms with E-state index in [9.17, 15) is 9.59 Å². The summed E-state index contributed by atoms with van der Waals surface area (Å²) in [6.45, 7) is 6.34. The molecule has 0 aromatic carbocycles. The van der Waals surface area contributed by atoms with Gasteiger partial charge >= 0.3 is 12.1 Å². The lowest BCUT2D eigenvalue weighted by atomic mass is 9.63. The van der Waals surface area contributed by atoms with Gasteiger partial charge in [0.2, 0.25) is 0 Å². The molecule has 2 N–H and O–H groups in total. The zero-order chi connectivity index (χ0) is 16.3. The Balaban J connectivity index is 1.70. The maximum absolute atomic E-state index is 12.3. The molecule has 6 nitrogen and oxygen atoms in total. The highest BCUT2D eigenvalue weighted by Gasteiger charge is 2.68. The molecule has 6 heteroatoms. The molecule has 4 fully saturated rings. The number of hydrogen-bond acceptors (Lipinski definition) is 5. The van der Waals surface area contributed by atoms with Gasteiger partial charge in [-0.2, -0.15) is 0 Å². The van der Waals surface area contributed by atoms with Gasteiger partial charge in [0.15, 0.2) is 0 Å². The van der Waals surface area contributed by atoms with Crippen molar-refractivity contribution in [1.29, 1.82) is 0 Å². The molecule has 22 heavy (non-hydrogen) atoms. The van der Waals surface area contributed by atoms with Gasteiger partial charge in [-0.25, -0.2) is 4.79 Å². The molecule has 0 aromatic heterocycles. The molecule has 4 rings (SSSR count). The van der Waals surface area contributed by atoms with Crippen molar-refractivity contribution in [2.75, 3.05) is 13.7 Å². The van der Waals surface area contributed by atoms with Crippen molar-refractivity contribution in [1.82, 2.24) is 4.90 Å². The SMILES string of the molecule is COC(=O)C(N)C1(C2[C@H]3C[C@@H]2N(C(=O)OC(C)(C)C)C3)CC1. The molecular formula is C16H26N2O4. The highest BCUT2D eigenvalue weighted by Crippen LogP contribution is 2.66. The Kier molecular flexibility index (Phi) is 3.43. The Morgan fingerprint density at radius 2 is 1.95 bits per heavy atom. The second-order valence-corrected chi connectivity index (χ2v) is 7.96. The third kappa shape index (κ3) is 2.28. The van der Waals surface area contributed by atoms with Crippen LogP contribution in [-0.2, 0) is 14.3 Å². The molecular weight excluding hydrogens is 284 g/mol. The van der Waals surface area contributed by atoms with E-state index in [0.717, 1.165) is 25.8 Å². The minimum atomic E-state index is -0.577. The number of carbonyl (C=O) groups excluding carboxylic acids is 2. The van der Waals surface area contributed by atoms with Crippen molar-refractivity contribution in [3.05, 3.63) is 0 Å². The monoisotopic (exact) mass is 310 g/mol. The fraction of sp³-hybridized carbons (Fsp3) is 0.875. The quantitative estimate of drug-likeness (QED) is 0.799. The number of rotatable bonds is 3. The lowest BCUT2D eigenvalue weighted by Gasteiger charge is -2.44. The largest absolute Gasteiger partial charge is 0.468 e. The number of amides is 1. The minimum Gasteiger partial charge on any atom is -0.468 e. The molecule has 0 radical (unpaired) electrons. The average molecular weight is 310 g/mol. The number of carbonyl (C=O) groups is 2. The smallest absolute Gasteiger partial charge is 0.410 e. The van der Waals surface area contributed by atoms with Crippen LogP contribution in [0.3, 0.4) is 0 Å². The van der Waals surface area contributed by atoms with E-state index in [0.29, 0.717) is 11.8 Å². The molecule has 2 aliphatic carbocycles. The van der Waals surface area contributed by atoms with E-state index in [1.54, 1.807) is 0 Å². The van der Waals surface area contributed by atoms with Crippen LogP contribution in [0.4, 0.5) is 4.79 Å². The van der Waals surface area contributed by atoms with Crippen molar-refractivity contribution in [3.63, 3.8) is 0 Å². The van der Waals surface area contributed by atoms with Crippen LogP contribution in [-0.4, -0.2) is 48.3 Å². The topological polar surface area (TPSA) is 81.9 Å². The van der Waals surface area contributed by atoms with Crippen molar-refractivity contribution < 1.29 is 19.1 Å². The predicted molar refractivity (Wildman–Crippen MR) is 80.0 cm³/mol. The Hall–Kier alpha value is -1.30. The lowest BCUT2D eigenvalue weighted by molar-refractivity contribution is -0.145. The summed E-state index contributed by atoms with van der Waals surface area (Å²) < 4.78 is 10.3. The maximum Gasteiger partial charge on any atom is 0.410 e. The molecule has 124 valence electrons. The van der Waals surface area contributed by atoms with Crippen LogP contribution >= 0.6 is 0 Å². The molecule has 2 bridgehead atoms. The number of methoxy groups -OCH3 is 1. The predicted octanol–water partition coefficient (Wildman–Crippen LogP) is 1.52. The molecule has 4 aliphatic rings. The molecule has 2 aliphatic heterocycles. The molecule has 0 spiro atoms. The Bertz CT molecular complexity index is 495. The van der Waals surface area contributed by atoms with Crippen LogP contribution in [0.5, 0.6) is 0 Å². The van der Waals surface area contributed by atoms with E-state index in [4.69, 9.17) is 15.2 Å². The van der Waals surface area contributed by atoms with E-state index in [1.165, 1.54) is 7.11 Å². The Morgan fingerprint density at radius 3 is 2.45 bits per heavy atom. The summed E-state index contributed by atoms with van der Waals surface area (Å²) in [5.41, 5.74) is 5.49. The zero-order valence-electron chi connectivity index (χ0n) is 13.8. The van der Waals surface area contributed by atoms with Gasteiger partial charge in [-0.3, -0.25) is 4.79 Å². The van der Waals surface area contributed by atoms with Gasteiger partial charge < -0.3 is 20.1 Å². The van der Waals surface area contributed by atoms with Crippen LogP contribution in [0, 0.1) is 17.3 Å². The number of ether oxygens (including phenoxy) is 2. The highest BCUT2D eigenvalue weighted by molar-refractivity contribution is 5.77. The Labute approximate surface area is 131 Å². The van der Waals surface area contributed by atoms with Gasteiger partial charge in [-0.05, 0) is 51.9 Å². The summed E-state index contributed by atoms with van der Waals surface area (Å²) in [6, 6.07) is -0.413. The highest BCUT2D eigenvalue weighted by atomic mass is 16.6. The standard InChI is InChI=1S/C16H26N2O4/c1-15(2,3)22-14(20)18-8-9-7-10(18)11(9)16(5-6-16)12(17)13(19)21-4/h9-12H,5-8,17H2,1-4H3/t9-,10-,11?,12?/m0/s1. The molecule has 4 atom stereocenters. The fourth-order valence-electron chi connectivity index (χ4n) is 4.36. The molecule has 0 aromatic rings. The first kappa shape index (κ1) is 15.6. The molecule has 2 saturated carbocycles. The van der Waals surface area contributed by atoms with Crippen LogP contribution in [0.25, 0.3) is 0 Å². The van der Waals surface area contributed by atoms with Gasteiger partial charge in [-0.15, -0.1) is 0 Å². The molecule has 2 unspecified atom stereocenters. The average Bonchev–Trinajstić information content (AvgIpc) is 2.92. The van der Waals surface area contributed by atoms with E-state index < -0.39 is 11.6 Å². The van der Waals surface area contributed by atoms with Crippen molar-refractivity contribution in [3.8, 4) is 0 Å². The van der Waals surface area contributed by atoms with Crippen LogP contribution in [0.2, 0.25) is 0 Å². The fourth-order valence-corrected chi connectivity index (χ4v) is 4.36. The summed E-state index contributed by atoms with van der Waals surface area (Å²) in [6.07, 6.45) is 2.65. The van der Waals surface area contributed by atoms with Crippen LogP contribution in [0.1, 0.15) is 40.0 Å². The molecule has 2 saturated heterocycles. The zero-order valence-corrected chi connectivity index (χ0v) is 13.8. The summed E-state index contributed by atoms with van der Waals surface area (Å²) in [5.74, 6) is 0.414. The lowest BCUT2D eigenvalue weighted by Crippen LogP contribution is -2.54. The number of nitrogens with two attached hydrogens (primary N) is 1. The van der Waals surface area contributed by atoms with Crippen molar-refractivity contribution in [2.24, 2.45) is 23.0 Å². The van der Waals surface area contributed by atoms with E-state index >= 15 is 0 Å². The van der Waals surface area contributed by atoms with E-state index in [2.05, 4.69) is 0 Å². The van der Waals surface area contributed by atoms with Crippen molar-refractivity contribution in [2.45, 2.75) is 57.7 Å². The van der Waals surface area contributed by atoms with Gasteiger partial charge in [0, 0.05) is 18.0 Å². The summed E-state index contributed by atoms with van der Waals surface area (Å²) in [4.78, 5) is 26.0. The van der Waals surface area contributed by atoms with E-state index in [1.807, 2.05) is 25.7 Å². The number of hydrogen-bond donors (Lipinski definition) is 1. The first-order valence-electron chi connectivity index (χ1n) is 8.02. The summed E-state index contributed by atoms with van der Waals surface area (Å²) in [5, 5.41) is 0. The van der Waals surface area contributed by atoms with Gasteiger partial charge in [-0.1, -0.05) is 0 Å².